The lowest BCUT2D eigenvalue weighted by molar-refractivity contribution is -0.274. The summed E-state index contributed by atoms with van der Waals surface area (Å²) in [5.74, 6) is -0.259. The number of rotatable bonds is 5. The third-order valence-corrected chi connectivity index (χ3v) is 3.47. The van der Waals surface area contributed by atoms with Gasteiger partial charge < -0.3 is 10.1 Å². The molecule has 22 heavy (non-hydrogen) atoms. The molecule has 0 saturated carbocycles. The van der Waals surface area contributed by atoms with E-state index in [0.29, 0.717) is 6.42 Å². The van der Waals surface area contributed by atoms with Gasteiger partial charge in [-0.1, -0.05) is 12.1 Å². The van der Waals surface area contributed by atoms with Crippen molar-refractivity contribution in [1.82, 2.24) is 10.2 Å². The predicted octanol–water partition coefficient (Wildman–Crippen LogP) is 3.31. The maximum Gasteiger partial charge on any atom is 0.573 e. The fourth-order valence-electron chi connectivity index (χ4n) is 2.55. The molecule has 0 unspecified atom stereocenters. The Morgan fingerprint density at radius 2 is 1.73 bits per heavy atom. The van der Waals surface area contributed by atoms with E-state index in [2.05, 4.69) is 15.0 Å². The standard InChI is InChI=1S/C14H18F4N2O.ClH/c15-6-5-13(20-9-7-19-8-10-20)11-1-3-12(4-2-11)21-14(16,17)18;/h1-4,13,19H,5-10H2;1H/t13-;/m1./s1. The Labute approximate surface area is 133 Å². The van der Waals surface area contributed by atoms with E-state index in [9.17, 15) is 17.6 Å². The molecular weight excluding hydrogens is 324 g/mol. The van der Waals surface area contributed by atoms with Gasteiger partial charge in [0.05, 0.1) is 6.67 Å². The van der Waals surface area contributed by atoms with Crippen molar-refractivity contribution in [2.75, 3.05) is 32.9 Å². The zero-order chi connectivity index (χ0) is 15.3. The second-order valence-electron chi connectivity index (χ2n) is 4.90. The van der Waals surface area contributed by atoms with Crippen LogP contribution >= 0.6 is 12.4 Å². The van der Waals surface area contributed by atoms with Gasteiger partial charge in [-0.25, -0.2) is 0 Å². The molecule has 1 heterocycles. The van der Waals surface area contributed by atoms with Crippen LogP contribution in [0.1, 0.15) is 18.0 Å². The molecule has 2 rings (SSSR count). The topological polar surface area (TPSA) is 24.5 Å². The summed E-state index contributed by atoms with van der Waals surface area (Å²) in [6, 6.07) is 5.58. The van der Waals surface area contributed by atoms with Crippen LogP contribution in [0.15, 0.2) is 24.3 Å². The fourth-order valence-corrected chi connectivity index (χ4v) is 2.55. The van der Waals surface area contributed by atoms with Crippen molar-refractivity contribution in [3.05, 3.63) is 29.8 Å². The highest BCUT2D eigenvalue weighted by Crippen LogP contribution is 2.28. The van der Waals surface area contributed by atoms with Crippen LogP contribution in [0.4, 0.5) is 17.6 Å². The van der Waals surface area contributed by atoms with E-state index >= 15 is 0 Å². The van der Waals surface area contributed by atoms with Gasteiger partial charge in [-0.05, 0) is 24.1 Å². The summed E-state index contributed by atoms with van der Waals surface area (Å²) >= 11 is 0. The minimum Gasteiger partial charge on any atom is -0.406 e. The van der Waals surface area contributed by atoms with Gasteiger partial charge in [-0.3, -0.25) is 9.29 Å². The van der Waals surface area contributed by atoms with Gasteiger partial charge in [0.25, 0.3) is 0 Å². The molecule has 1 aromatic carbocycles. The first-order chi connectivity index (χ1) is 9.99. The fraction of sp³-hybridized carbons (Fsp3) is 0.571. The number of benzene rings is 1. The maximum absolute atomic E-state index is 12.8. The van der Waals surface area contributed by atoms with Gasteiger partial charge in [0, 0.05) is 32.2 Å². The number of nitrogens with zero attached hydrogens (tertiary/aromatic N) is 1. The molecular formula is C14H19ClF4N2O. The predicted molar refractivity (Wildman–Crippen MR) is 78.1 cm³/mol. The van der Waals surface area contributed by atoms with Crippen LogP contribution in [0.3, 0.4) is 0 Å². The van der Waals surface area contributed by atoms with Crippen LogP contribution in [-0.2, 0) is 0 Å². The van der Waals surface area contributed by atoms with Gasteiger partial charge >= 0.3 is 6.36 Å². The molecule has 1 N–H and O–H groups in total. The first kappa shape index (κ1) is 19.0. The van der Waals surface area contributed by atoms with Crippen molar-refractivity contribution in [3.63, 3.8) is 0 Å². The largest absolute Gasteiger partial charge is 0.573 e. The Morgan fingerprint density at radius 1 is 1.14 bits per heavy atom. The number of ether oxygens (including phenoxy) is 1. The van der Waals surface area contributed by atoms with Gasteiger partial charge in [-0.15, -0.1) is 25.6 Å². The lowest BCUT2D eigenvalue weighted by Crippen LogP contribution is -2.45. The molecule has 1 saturated heterocycles. The molecule has 1 atom stereocenters. The van der Waals surface area contributed by atoms with Crippen molar-refractivity contribution in [2.24, 2.45) is 0 Å². The minimum atomic E-state index is -4.70. The second-order valence-corrected chi connectivity index (χ2v) is 4.90. The van der Waals surface area contributed by atoms with E-state index in [-0.39, 0.29) is 24.2 Å². The summed E-state index contributed by atoms with van der Waals surface area (Å²) in [4.78, 5) is 2.15. The zero-order valence-corrected chi connectivity index (χ0v) is 12.7. The third kappa shape index (κ3) is 5.62. The number of nitrogens with one attached hydrogen (secondary N) is 1. The average molecular weight is 343 g/mol. The summed E-state index contributed by atoms with van der Waals surface area (Å²) in [6.45, 7) is 2.79. The van der Waals surface area contributed by atoms with Crippen LogP contribution in [0.5, 0.6) is 5.75 Å². The average Bonchev–Trinajstić information content (AvgIpc) is 2.45. The van der Waals surface area contributed by atoms with Gasteiger partial charge in [-0.2, -0.15) is 0 Å². The Balaban J connectivity index is 0.00000242. The summed E-state index contributed by atoms with van der Waals surface area (Å²) < 4.78 is 53.0. The lowest BCUT2D eigenvalue weighted by atomic mass is 10.0. The molecule has 3 nitrogen and oxygen atoms in total. The highest BCUT2D eigenvalue weighted by atomic mass is 35.5. The molecule has 0 bridgehead atoms. The second kappa shape index (κ2) is 8.55. The number of hydrogen-bond acceptors (Lipinski definition) is 3. The quantitative estimate of drug-likeness (QED) is 0.831. The van der Waals surface area contributed by atoms with Crippen LogP contribution in [0.25, 0.3) is 0 Å². The monoisotopic (exact) mass is 342 g/mol. The zero-order valence-electron chi connectivity index (χ0n) is 11.9. The van der Waals surface area contributed by atoms with E-state index in [0.717, 1.165) is 31.7 Å². The first-order valence-electron chi connectivity index (χ1n) is 6.86. The number of alkyl halides is 4. The Hall–Kier alpha value is -1.05. The molecule has 0 aliphatic carbocycles. The van der Waals surface area contributed by atoms with Crippen molar-refractivity contribution in [1.29, 1.82) is 0 Å². The lowest BCUT2D eigenvalue weighted by Gasteiger charge is -2.35. The summed E-state index contributed by atoms with van der Waals surface area (Å²) in [7, 11) is 0. The van der Waals surface area contributed by atoms with E-state index in [1.54, 1.807) is 12.1 Å². The van der Waals surface area contributed by atoms with E-state index < -0.39 is 13.0 Å². The number of piperazine rings is 1. The highest BCUT2D eigenvalue weighted by Gasteiger charge is 2.31. The molecule has 0 radical (unpaired) electrons. The minimum absolute atomic E-state index is 0. The summed E-state index contributed by atoms with van der Waals surface area (Å²) in [6.07, 6.45) is -4.36. The molecule has 1 aromatic rings. The van der Waals surface area contributed by atoms with Gasteiger partial charge in [0.2, 0.25) is 0 Å². The van der Waals surface area contributed by atoms with Crippen LogP contribution in [0, 0.1) is 0 Å². The van der Waals surface area contributed by atoms with E-state index in [1.165, 1.54) is 12.1 Å². The molecule has 1 aliphatic rings. The maximum atomic E-state index is 12.8. The highest BCUT2D eigenvalue weighted by molar-refractivity contribution is 5.85. The summed E-state index contributed by atoms with van der Waals surface area (Å²) in [5, 5.41) is 3.22. The molecule has 0 aromatic heterocycles. The van der Waals surface area contributed by atoms with Gasteiger partial charge in [0.15, 0.2) is 0 Å². The van der Waals surface area contributed by atoms with Crippen molar-refractivity contribution >= 4 is 12.4 Å². The van der Waals surface area contributed by atoms with Crippen LogP contribution in [-0.4, -0.2) is 44.1 Å². The Bertz CT molecular complexity index is 435. The molecule has 8 heteroatoms. The van der Waals surface area contributed by atoms with E-state index in [1.807, 2.05) is 0 Å². The molecule has 0 spiro atoms. The molecule has 1 fully saturated rings. The SMILES string of the molecule is Cl.FCC[C@H](c1ccc(OC(F)(F)F)cc1)N1CCNCC1. The summed E-state index contributed by atoms with van der Waals surface area (Å²) in [5.41, 5.74) is 0.809. The van der Waals surface area contributed by atoms with Crippen LogP contribution < -0.4 is 10.1 Å². The van der Waals surface area contributed by atoms with Crippen molar-refractivity contribution in [3.8, 4) is 5.75 Å². The van der Waals surface area contributed by atoms with Gasteiger partial charge in [0.1, 0.15) is 5.75 Å². The third-order valence-electron chi connectivity index (χ3n) is 3.47. The number of hydrogen-bond donors (Lipinski definition) is 1. The van der Waals surface area contributed by atoms with Crippen molar-refractivity contribution < 1.29 is 22.3 Å². The van der Waals surface area contributed by atoms with E-state index in [4.69, 9.17) is 0 Å². The normalized spacial score (nSPS) is 17.6. The number of halogens is 5. The Morgan fingerprint density at radius 3 is 2.23 bits per heavy atom. The molecule has 0 amide bonds. The van der Waals surface area contributed by atoms with Crippen LogP contribution in [0.2, 0.25) is 0 Å². The molecule has 126 valence electrons. The smallest absolute Gasteiger partial charge is 0.406 e. The Kier molecular flexibility index (Phi) is 7.38. The first-order valence-corrected chi connectivity index (χ1v) is 6.86. The van der Waals surface area contributed by atoms with Crippen molar-refractivity contribution in [2.45, 2.75) is 18.8 Å². The molecule has 1 aliphatic heterocycles.